The second-order valence-corrected chi connectivity index (χ2v) is 9.41. The number of thioether (sulfide) groups is 1. The lowest BCUT2D eigenvalue weighted by Crippen LogP contribution is -2.29. The minimum Gasteiger partial charge on any atom is -0.349 e. The number of carbonyl (C=O) groups is 1. The molecule has 1 aromatic carbocycles. The van der Waals surface area contributed by atoms with Gasteiger partial charge >= 0.3 is 0 Å². The summed E-state index contributed by atoms with van der Waals surface area (Å²) >= 11 is 2.67. The minimum atomic E-state index is -0.0831. The molecule has 30 heavy (non-hydrogen) atoms. The van der Waals surface area contributed by atoms with Gasteiger partial charge in [0.25, 0.3) is 5.56 Å². The Kier molecular flexibility index (Phi) is 6.39. The zero-order valence-electron chi connectivity index (χ0n) is 17.0. The first kappa shape index (κ1) is 20.9. The molecule has 1 aliphatic rings. The van der Waals surface area contributed by atoms with Gasteiger partial charge in [-0.2, -0.15) is 0 Å². The molecule has 2 aromatic heterocycles. The summed E-state index contributed by atoms with van der Waals surface area (Å²) in [6, 6.07) is 8.33. The van der Waals surface area contributed by atoms with Crippen LogP contribution in [0.3, 0.4) is 0 Å². The number of nitrogens with zero attached hydrogens (tertiary/aromatic N) is 2. The van der Waals surface area contributed by atoms with Gasteiger partial charge in [-0.05, 0) is 60.7 Å². The van der Waals surface area contributed by atoms with Gasteiger partial charge in [0.1, 0.15) is 4.70 Å². The van der Waals surface area contributed by atoms with Crippen LogP contribution in [0.5, 0.6) is 0 Å². The normalized spacial score (nSPS) is 14.3. The van der Waals surface area contributed by atoms with Gasteiger partial charge in [-0.15, -0.1) is 17.9 Å². The summed E-state index contributed by atoms with van der Waals surface area (Å²) in [5.74, 6) is 0.129. The molecule has 0 bridgehead atoms. The topological polar surface area (TPSA) is 64.0 Å². The van der Waals surface area contributed by atoms with Gasteiger partial charge in [-0.1, -0.05) is 36.0 Å². The first-order valence-electron chi connectivity index (χ1n) is 10.2. The lowest BCUT2D eigenvalue weighted by molar-refractivity contribution is -0.119. The first-order chi connectivity index (χ1) is 14.6. The van der Waals surface area contributed by atoms with Crippen LogP contribution in [0.15, 0.2) is 52.3 Å². The van der Waals surface area contributed by atoms with Crippen LogP contribution in [0.2, 0.25) is 0 Å². The standard InChI is InChI=1S/C23H25N3O2S2/c1-3-11-26-22(28)21-19(10-12-29-21)25-23(26)30-14-20(27)24-15(2)17-9-8-16-6-4-5-7-18(16)13-17/h3,8-10,12-13,15H,1,4-7,11,14H2,2H3,(H,24,27). The van der Waals surface area contributed by atoms with E-state index in [0.29, 0.717) is 21.9 Å². The van der Waals surface area contributed by atoms with Crippen LogP contribution in [-0.2, 0) is 24.2 Å². The maximum Gasteiger partial charge on any atom is 0.272 e. The van der Waals surface area contributed by atoms with Gasteiger partial charge in [-0.25, -0.2) is 4.98 Å². The average molecular weight is 440 g/mol. The predicted octanol–water partition coefficient (Wildman–Crippen LogP) is 4.49. The molecule has 1 atom stereocenters. The van der Waals surface area contributed by atoms with E-state index >= 15 is 0 Å². The minimum absolute atomic E-state index is 0.0620. The van der Waals surface area contributed by atoms with Crippen molar-refractivity contribution in [2.75, 3.05) is 5.75 Å². The zero-order valence-corrected chi connectivity index (χ0v) is 18.7. The largest absolute Gasteiger partial charge is 0.349 e. The van der Waals surface area contributed by atoms with E-state index in [2.05, 4.69) is 35.1 Å². The number of fused-ring (bicyclic) bond motifs is 2. The summed E-state index contributed by atoms with van der Waals surface area (Å²) < 4.78 is 2.21. The molecule has 3 aromatic rings. The van der Waals surface area contributed by atoms with Crippen LogP contribution in [0.25, 0.3) is 10.2 Å². The number of benzene rings is 1. The number of amides is 1. The van der Waals surface area contributed by atoms with Crippen LogP contribution in [0.1, 0.15) is 42.5 Å². The van der Waals surface area contributed by atoms with E-state index in [1.54, 1.807) is 10.6 Å². The van der Waals surface area contributed by atoms with E-state index in [9.17, 15) is 9.59 Å². The lowest BCUT2D eigenvalue weighted by Gasteiger charge is -2.20. The molecule has 1 N–H and O–H groups in total. The average Bonchev–Trinajstić information content (AvgIpc) is 3.23. The molecule has 1 unspecified atom stereocenters. The van der Waals surface area contributed by atoms with Crippen molar-refractivity contribution in [1.29, 1.82) is 0 Å². The van der Waals surface area contributed by atoms with Crippen LogP contribution in [-0.4, -0.2) is 21.2 Å². The molecule has 0 saturated carbocycles. The Labute approximate surface area is 184 Å². The van der Waals surface area contributed by atoms with E-state index < -0.39 is 0 Å². The van der Waals surface area contributed by atoms with Crippen molar-refractivity contribution in [2.45, 2.75) is 50.4 Å². The number of aryl methyl sites for hydroxylation is 2. The highest BCUT2D eigenvalue weighted by Crippen LogP contribution is 2.25. The van der Waals surface area contributed by atoms with E-state index in [4.69, 9.17) is 0 Å². The van der Waals surface area contributed by atoms with Gasteiger partial charge in [0.15, 0.2) is 5.16 Å². The molecule has 2 heterocycles. The van der Waals surface area contributed by atoms with Crippen LogP contribution in [0, 0.1) is 0 Å². The maximum atomic E-state index is 12.7. The van der Waals surface area contributed by atoms with Gasteiger partial charge in [0.2, 0.25) is 5.91 Å². The molecular weight excluding hydrogens is 414 g/mol. The Morgan fingerprint density at radius 3 is 2.93 bits per heavy atom. The molecule has 5 nitrogen and oxygen atoms in total. The summed E-state index contributed by atoms with van der Waals surface area (Å²) in [5.41, 5.74) is 4.58. The second-order valence-electron chi connectivity index (χ2n) is 7.55. The number of thiophene rings is 1. The fourth-order valence-corrected chi connectivity index (χ4v) is 5.44. The van der Waals surface area contributed by atoms with Crippen molar-refractivity contribution in [3.05, 3.63) is 69.3 Å². The number of allylic oxidation sites excluding steroid dienone is 1. The number of hydrogen-bond donors (Lipinski definition) is 1. The van der Waals surface area contributed by atoms with Gasteiger partial charge in [0, 0.05) is 6.54 Å². The van der Waals surface area contributed by atoms with Crippen LogP contribution < -0.4 is 10.9 Å². The van der Waals surface area contributed by atoms with Gasteiger partial charge in [-0.3, -0.25) is 14.2 Å². The van der Waals surface area contributed by atoms with Crippen molar-refractivity contribution in [2.24, 2.45) is 0 Å². The van der Waals surface area contributed by atoms with Crippen LogP contribution in [0.4, 0.5) is 0 Å². The molecule has 7 heteroatoms. The molecule has 4 rings (SSSR count). The number of rotatable bonds is 7. The number of nitrogens with one attached hydrogen (secondary N) is 1. The van der Waals surface area contributed by atoms with Gasteiger partial charge < -0.3 is 5.32 Å². The maximum absolute atomic E-state index is 12.7. The van der Waals surface area contributed by atoms with Crippen molar-refractivity contribution >= 4 is 39.2 Å². The third-order valence-corrected chi connectivity index (χ3v) is 7.29. The number of aromatic nitrogens is 2. The predicted molar refractivity (Wildman–Crippen MR) is 124 cm³/mol. The van der Waals surface area contributed by atoms with Crippen molar-refractivity contribution in [1.82, 2.24) is 14.9 Å². The lowest BCUT2D eigenvalue weighted by atomic mass is 9.89. The first-order valence-corrected chi connectivity index (χ1v) is 12.1. The molecule has 0 radical (unpaired) electrons. The van der Waals surface area contributed by atoms with E-state index in [1.165, 1.54) is 47.1 Å². The Morgan fingerprint density at radius 1 is 1.33 bits per heavy atom. The number of hydrogen-bond acceptors (Lipinski definition) is 5. The number of carbonyl (C=O) groups excluding carboxylic acids is 1. The smallest absolute Gasteiger partial charge is 0.272 e. The Balaban J connectivity index is 1.44. The fourth-order valence-electron chi connectivity index (χ4n) is 3.84. The molecule has 0 fully saturated rings. The summed E-state index contributed by atoms with van der Waals surface area (Å²) in [6.45, 7) is 6.11. The SMILES string of the molecule is C=CCn1c(SCC(=O)NC(C)c2ccc3c(c2)CCCC3)nc2ccsc2c1=O. The third kappa shape index (κ3) is 4.37. The Hall–Kier alpha value is -2.38. The zero-order chi connectivity index (χ0) is 21.1. The summed E-state index contributed by atoms with van der Waals surface area (Å²) in [7, 11) is 0. The third-order valence-electron chi connectivity index (χ3n) is 5.42. The summed E-state index contributed by atoms with van der Waals surface area (Å²) in [4.78, 5) is 29.9. The van der Waals surface area contributed by atoms with Crippen molar-refractivity contribution in [3.8, 4) is 0 Å². The monoisotopic (exact) mass is 439 g/mol. The molecule has 156 valence electrons. The van der Waals surface area contributed by atoms with Crippen molar-refractivity contribution < 1.29 is 4.79 Å². The van der Waals surface area contributed by atoms with E-state index in [0.717, 1.165) is 18.4 Å². The highest BCUT2D eigenvalue weighted by molar-refractivity contribution is 7.99. The molecule has 0 aliphatic heterocycles. The summed E-state index contributed by atoms with van der Waals surface area (Å²) in [6.07, 6.45) is 6.45. The fraction of sp³-hybridized carbons (Fsp3) is 0.348. The Bertz CT molecular complexity index is 1150. The van der Waals surface area contributed by atoms with E-state index in [1.807, 2.05) is 18.4 Å². The van der Waals surface area contributed by atoms with Gasteiger partial charge in [0.05, 0.1) is 17.3 Å². The molecule has 0 spiro atoms. The quantitative estimate of drug-likeness (QED) is 0.335. The van der Waals surface area contributed by atoms with Crippen molar-refractivity contribution in [3.63, 3.8) is 0 Å². The Morgan fingerprint density at radius 2 is 2.13 bits per heavy atom. The van der Waals surface area contributed by atoms with E-state index in [-0.39, 0.29) is 23.3 Å². The highest BCUT2D eigenvalue weighted by Gasteiger charge is 2.16. The molecule has 1 aliphatic carbocycles. The molecular formula is C23H25N3O2S2. The highest BCUT2D eigenvalue weighted by atomic mass is 32.2. The summed E-state index contributed by atoms with van der Waals surface area (Å²) in [5, 5.41) is 5.48. The second kappa shape index (κ2) is 9.18. The van der Waals surface area contributed by atoms with Crippen LogP contribution >= 0.6 is 23.1 Å². The molecule has 0 saturated heterocycles. The molecule has 1 amide bonds.